The molecule has 5 rings (SSSR count). The first-order valence-electron chi connectivity index (χ1n) is 9.77. The first-order valence-corrected chi connectivity index (χ1v) is 9.77. The molecular weight excluding hydrogens is 366 g/mol. The lowest BCUT2D eigenvalue weighted by atomic mass is 9.77. The van der Waals surface area contributed by atoms with Gasteiger partial charge in [0.25, 0.3) is 5.89 Å². The SMILES string of the molecule is Nc1ncc(-c2ccc(C(CC3CCC3)c3noc(-c4cn[nH]c4)n3)cc2)cn1. The van der Waals surface area contributed by atoms with Crippen LogP contribution >= 0.6 is 0 Å². The van der Waals surface area contributed by atoms with Crippen LogP contribution in [0.25, 0.3) is 22.6 Å². The summed E-state index contributed by atoms with van der Waals surface area (Å²) in [4.78, 5) is 12.8. The van der Waals surface area contributed by atoms with Crippen LogP contribution in [0.5, 0.6) is 0 Å². The summed E-state index contributed by atoms with van der Waals surface area (Å²) < 4.78 is 5.50. The number of hydrogen-bond donors (Lipinski definition) is 2. The van der Waals surface area contributed by atoms with E-state index in [1.807, 2.05) is 0 Å². The molecule has 3 aromatic heterocycles. The molecule has 0 bridgehead atoms. The van der Waals surface area contributed by atoms with Gasteiger partial charge in [0, 0.05) is 30.1 Å². The van der Waals surface area contributed by atoms with Gasteiger partial charge in [-0.15, -0.1) is 0 Å². The molecule has 1 atom stereocenters. The fourth-order valence-electron chi connectivity index (χ4n) is 3.71. The van der Waals surface area contributed by atoms with Gasteiger partial charge in [0.15, 0.2) is 5.82 Å². The average Bonchev–Trinajstić information content (AvgIpc) is 3.40. The predicted molar refractivity (Wildman–Crippen MR) is 108 cm³/mol. The summed E-state index contributed by atoms with van der Waals surface area (Å²) in [7, 11) is 0. The van der Waals surface area contributed by atoms with Crippen molar-refractivity contribution in [2.75, 3.05) is 5.73 Å². The van der Waals surface area contributed by atoms with Crippen molar-refractivity contribution in [3.8, 4) is 22.6 Å². The van der Waals surface area contributed by atoms with Gasteiger partial charge in [0.1, 0.15) is 0 Å². The van der Waals surface area contributed by atoms with Crippen molar-refractivity contribution in [1.29, 1.82) is 0 Å². The van der Waals surface area contributed by atoms with E-state index in [4.69, 9.17) is 10.3 Å². The Labute approximate surface area is 167 Å². The predicted octanol–water partition coefficient (Wildman–Crippen LogP) is 3.82. The summed E-state index contributed by atoms with van der Waals surface area (Å²) in [5.41, 5.74) is 9.54. The van der Waals surface area contributed by atoms with E-state index in [2.05, 4.69) is 54.6 Å². The maximum Gasteiger partial charge on any atom is 0.261 e. The Morgan fingerprint density at radius 1 is 1.03 bits per heavy atom. The Balaban J connectivity index is 1.44. The lowest BCUT2D eigenvalue weighted by Gasteiger charge is -2.28. The van der Waals surface area contributed by atoms with Gasteiger partial charge in [-0.05, 0) is 23.5 Å². The molecule has 0 amide bonds. The topological polar surface area (TPSA) is 119 Å². The highest BCUT2D eigenvalue weighted by atomic mass is 16.5. The molecule has 8 nitrogen and oxygen atoms in total. The number of nitrogen functional groups attached to an aromatic ring is 1. The Bertz CT molecular complexity index is 1070. The van der Waals surface area contributed by atoms with E-state index in [0.29, 0.717) is 11.8 Å². The number of hydrogen-bond acceptors (Lipinski definition) is 7. The molecule has 1 fully saturated rings. The molecular formula is C21H21N7O. The molecule has 0 radical (unpaired) electrons. The molecule has 0 spiro atoms. The molecule has 4 aromatic rings. The quantitative estimate of drug-likeness (QED) is 0.516. The van der Waals surface area contributed by atoms with Gasteiger partial charge in [-0.25, -0.2) is 9.97 Å². The van der Waals surface area contributed by atoms with Crippen molar-refractivity contribution < 1.29 is 4.52 Å². The van der Waals surface area contributed by atoms with Crippen LogP contribution in [-0.2, 0) is 0 Å². The highest BCUT2D eigenvalue weighted by Gasteiger charge is 2.28. The largest absolute Gasteiger partial charge is 0.368 e. The van der Waals surface area contributed by atoms with Crippen LogP contribution in [0.2, 0.25) is 0 Å². The molecule has 1 aromatic carbocycles. The van der Waals surface area contributed by atoms with E-state index >= 15 is 0 Å². The minimum atomic E-state index is 0.0985. The summed E-state index contributed by atoms with van der Waals surface area (Å²) in [6, 6.07) is 8.41. The van der Waals surface area contributed by atoms with Crippen LogP contribution in [0.15, 0.2) is 53.6 Å². The van der Waals surface area contributed by atoms with E-state index < -0.39 is 0 Å². The van der Waals surface area contributed by atoms with Gasteiger partial charge in [0.2, 0.25) is 5.95 Å². The molecule has 0 saturated heterocycles. The zero-order chi connectivity index (χ0) is 19.6. The van der Waals surface area contributed by atoms with Crippen molar-refractivity contribution in [3.63, 3.8) is 0 Å². The van der Waals surface area contributed by atoms with E-state index in [1.165, 1.54) is 24.8 Å². The Kier molecular flexibility index (Phi) is 4.51. The number of aromatic amines is 1. The van der Waals surface area contributed by atoms with Crippen LogP contribution in [0.3, 0.4) is 0 Å². The molecule has 3 N–H and O–H groups in total. The zero-order valence-electron chi connectivity index (χ0n) is 15.8. The van der Waals surface area contributed by atoms with E-state index in [1.54, 1.807) is 24.8 Å². The number of aromatic nitrogens is 6. The smallest absolute Gasteiger partial charge is 0.261 e. The first-order chi connectivity index (χ1) is 14.3. The minimum absolute atomic E-state index is 0.0985. The average molecular weight is 387 g/mol. The van der Waals surface area contributed by atoms with Crippen molar-refractivity contribution in [3.05, 3.63) is 60.4 Å². The number of nitrogens with zero attached hydrogens (tertiary/aromatic N) is 5. The van der Waals surface area contributed by atoms with Gasteiger partial charge < -0.3 is 10.3 Å². The first kappa shape index (κ1) is 17.5. The summed E-state index contributed by atoms with van der Waals surface area (Å²) >= 11 is 0. The van der Waals surface area contributed by atoms with Gasteiger partial charge in [0.05, 0.1) is 11.8 Å². The number of anilines is 1. The number of nitrogens with two attached hydrogens (primary N) is 1. The fourth-order valence-corrected chi connectivity index (χ4v) is 3.71. The minimum Gasteiger partial charge on any atom is -0.368 e. The third kappa shape index (κ3) is 3.61. The number of rotatable bonds is 6. The van der Waals surface area contributed by atoms with Crippen molar-refractivity contribution in [2.24, 2.45) is 5.92 Å². The molecule has 1 saturated carbocycles. The van der Waals surface area contributed by atoms with Crippen LogP contribution in [0.1, 0.15) is 43.0 Å². The maximum atomic E-state index is 5.58. The van der Waals surface area contributed by atoms with Gasteiger partial charge >= 0.3 is 0 Å². The van der Waals surface area contributed by atoms with Crippen LogP contribution in [0, 0.1) is 5.92 Å². The Hall–Kier alpha value is -3.55. The summed E-state index contributed by atoms with van der Waals surface area (Å²) in [6.07, 6.45) is 11.8. The maximum absolute atomic E-state index is 5.58. The fraction of sp³-hybridized carbons (Fsp3) is 0.286. The summed E-state index contributed by atoms with van der Waals surface area (Å²) in [5.74, 6) is 2.29. The highest BCUT2D eigenvalue weighted by molar-refractivity contribution is 5.62. The number of H-pyrrole nitrogens is 1. The Morgan fingerprint density at radius 2 is 1.83 bits per heavy atom. The van der Waals surface area contributed by atoms with Gasteiger partial charge in [-0.3, -0.25) is 5.10 Å². The molecule has 0 aliphatic heterocycles. The second-order valence-corrected chi connectivity index (χ2v) is 7.48. The van der Waals surface area contributed by atoms with Crippen molar-refractivity contribution >= 4 is 5.95 Å². The Morgan fingerprint density at radius 3 is 2.48 bits per heavy atom. The molecule has 1 aliphatic carbocycles. The standard InChI is InChI=1S/C21H21N7O/c22-21-23-9-16(10-24-21)14-4-6-15(7-5-14)18(8-13-2-1-3-13)19-27-20(29-28-19)17-11-25-26-12-17/h4-7,9-13,18H,1-3,8H2,(H,25,26)(H2,22,23,24). The third-order valence-corrected chi connectivity index (χ3v) is 5.61. The van der Waals surface area contributed by atoms with Crippen LogP contribution in [0.4, 0.5) is 5.95 Å². The lowest BCUT2D eigenvalue weighted by molar-refractivity contribution is 0.280. The number of nitrogens with one attached hydrogen (secondary N) is 1. The van der Waals surface area contributed by atoms with Crippen LogP contribution in [-0.4, -0.2) is 30.3 Å². The summed E-state index contributed by atoms with van der Waals surface area (Å²) in [5, 5.41) is 11.0. The van der Waals surface area contributed by atoms with Crippen molar-refractivity contribution in [1.82, 2.24) is 30.3 Å². The van der Waals surface area contributed by atoms with Gasteiger partial charge in [-0.1, -0.05) is 48.7 Å². The zero-order valence-corrected chi connectivity index (χ0v) is 15.8. The van der Waals surface area contributed by atoms with E-state index in [-0.39, 0.29) is 11.9 Å². The van der Waals surface area contributed by atoms with Crippen molar-refractivity contribution in [2.45, 2.75) is 31.6 Å². The van der Waals surface area contributed by atoms with E-state index in [0.717, 1.165) is 28.9 Å². The molecule has 29 heavy (non-hydrogen) atoms. The van der Waals surface area contributed by atoms with Crippen LogP contribution < -0.4 is 5.73 Å². The van der Waals surface area contributed by atoms with E-state index in [9.17, 15) is 0 Å². The van der Waals surface area contributed by atoms with Gasteiger partial charge in [-0.2, -0.15) is 10.1 Å². The molecule has 3 heterocycles. The normalized spacial score (nSPS) is 15.2. The molecule has 1 aliphatic rings. The lowest BCUT2D eigenvalue weighted by Crippen LogP contribution is -2.16. The molecule has 146 valence electrons. The third-order valence-electron chi connectivity index (χ3n) is 5.61. The molecule has 8 heteroatoms. The highest BCUT2D eigenvalue weighted by Crippen LogP contribution is 2.39. The second kappa shape index (κ2) is 7.46. The number of benzene rings is 1. The molecule has 1 unspecified atom stereocenters. The second-order valence-electron chi connectivity index (χ2n) is 7.48. The monoisotopic (exact) mass is 387 g/mol. The summed E-state index contributed by atoms with van der Waals surface area (Å²) in [6.45, 7) is 0.